The van der Waals surface area contributed by atoms with Crippen LogP contribution in [0.15, 0.2) is 75.2 Å². The lowest BCUT2D eigenvalue weighted by molar-refractivity contribution is 0.566. The molecule has 31 heavy (non-hydrogen) atoms. The molecule has 0 saturated heterocycles. The van der Waals surface area contributed by atoms with E-state index < -0.39 is 15.7 Å². The molecule has 7 nitrogen and oxygen atoms in total. The zero-order chi connectivity index (χ0) is 21.4. The quantitative estimate of drug-likeness (QED) is 0.249. The van der Waals surface area contributed by atoms with E-state index in [1.54, 1.807) is 0 Å². The van der Waals surface area contributed by atoms with Crippen LogP contribution < -0.4 is 10.6 Å². The molecule has 0 atom stereocenters. The minimum absolute atomic E-state index is 0. The lowest BCUT2D eigenvalue weighted by atomic mass is 10.2. The van der Waals surface area contributed by atoms with Gasteiger partial charge in [0.1, 0.15) is 22.7 Å². The molecule has 0 bridgehead atoms. The Morgan fingerprint density at radius 3 is 2.52 bits per heavy atom. The first-order valence-electron chi connectivity index (χ1n) is 9.49. The van der Waals surface area contributed by atoms with Gasteiger partial charge in [0.2, 0.25) is 5.89 Å². The van der Waals surface area contributed by atoms with Crippen LogP contribution in [0, 0.1) is 5.82 Å². The largest absolute Gasteiger partial charge is 0.444 e. The van der Waals surface area contributed by atoms with Crippen molar-refractivity contribution < 1.29 is 17.2 Å². The highest BCUT2D eigenvalue weighted by Gasteiger charge is 2.18. The van der Waals surface area contributed by atoms with Gasteiger partial charge in [-0.25, -0.2) is 22.8 Å². The summed E-state index contributed by atoms with van der Waals surface area (Å²) >= 11 is 0. The van der Waals surface area contributed by atoms with Crippen molar-refractivity contribution in [1.82, 2.24) is 15.6 Å². The number of nitrogens with one attached hydrogen (secondary N) is 2. The predicted molar refractivity (Wildman–Crippen MR) is 129 cm³/mol. The molecule has 0 fully saturated rings. The highest BCUT2D eigenvalue weighted by atomic mass is 127. The molecule has 3 rings (SSSR count). The van der Waals surface area contributed by atoms with Gasteiger partial charge in [0, 0.05) is 18.7 Å². The van der Waals surface area contributed by atoms with Crippen molar-refractivity contribution in [1.29, 1.82) is 0 Å². The van der Waals surface area contributed by atoms with Crippen molar-refractivity contribution >= 4 is 39.8 Å². The van der Waals surface area contributed by atoms with E-state index in [1.165, 1.54) is 24.5 Å². The summed E-state index contributed by atoms with van der Waals surface area (Å²) in [5.74, 6) is -0.0703. The number of aliphatic imine (C=N–C) groups is 1. The Morgan fingerprint density at radius 1 is 1.10 bits per heavy atom. The predicted octanol–water partition coefficient (Wildman–Crippen LogP) is 3.63. The van der Waals surface area contributed by atoms with E-state index in [4.69, 9.17) is 4.42 Å². The first-order chi connectivity index (χ1) is 14.5. The molecular formula is C21H24FIN4O3S. The summed E-state index contributed by atoms with van der Waals surface area (Å²) in [4.78, 5) is 8.52. The average molecular weight is 558 g/mol. The number of nitrogens with zero attached hydrogens (tertiary/aromatic N) is 2. The van der Waals surface area contributed by atoms with Gasteiger partial charge in [-0.2, -0.15) is 0 Å². The number of hydrogen-bond acceptors (Lipinski definition) is 5. The molecule has 2 aromatic carbocycles. The Balaban J connectivity index is 0.00000341. The maximum atomic E-state index is 13.8. The Labute approximate surface area is 198 Å². The molecular weight excluding hydrogens is 534 g/mol. The first-order valence-corrected chi connectivity index (χ1v) is 11.1. The highest BCUT2D eigenvalue weighted by molar-refractivity contribution is 14.0. The summed E-state index contributed by atoms with van der Waals surface area (Å²) in [7, 11) is -3.74. The van der Waals surface area contributed by atoms with Crippen LogP contribution in [0.4, 0.5) is 4.39 Å². The molecule has 0 saturated carbocycles. The minimum Gasteiger partial charge on any atom is -0.444 e. The third-order valence-corrected chi connectivity index (χ3v) is 5.89. The molecule has 0 spiro atoms. The lowest BCUT2D eigenvalue weighted by Crippen LogP contribution is -2.39. The van der Waals surface area contributed by atoms with Crippen molar-refractivity contribution in [2.45, 2.75) is 18.4 Å². The fourth-order valence-electron chi connectivity index (χ4n) is 2.71. The van der Waals surface area contributed by atoms with Crippen LogP contribution in [-0.2, 0) is 16.4 Å². The third-order valence-electron chi connectivity index (χ3n) is 4.15. The van der Waals surface area contributed by atoms with E-state index >= 15 is 0 Å². The Hall–Kier alpha value is -2.47. The first kappa shape index (κ1) is 24.8. The third kappa shape index (κ3) is 7.03. The van der Waals surface area contributed by atoms with Gasteiger partial charge in [-0.05, 0) is 31.2 Å². The van der Waals surface area contributed by atoms with Crippen LogP contribution in [0.1, 0.15) is 12.6 Å². The van der Waals surface area contributed by atoms with Gasteiger partial charge in [0.25, 0.3) is 0 Å². The molecule has 0 radical (unpaired) electrons. The number of sulfone groups is 1. The second-order valence-electron chi connectivity index (χ2n) is 6.38. The van der Waals surface area contributed by atoms with E-state index in [-0.39, 0.29) is 47.7 Å². The Kier molecular flexibility index (Phi) is 9.44. The summed E-state index contributed by atoms with van der Waals surface area (Å²) in [6.07, 6.45) is 1.54. The van der Waals surface area contributed by atoms with Crippen LogP contribution >= 0.6 is 24.0 Å². The number of rotatable bonds is 8. The van der Waals surface area contributed by atoms with Gasteiger partial charge in [0.15, 0.2) is 15.8 Å². The van der Waals surface area contributed by atoms with Crippen molar-refractivity contribution in [3.8, 4) is 11.5 Å². The normalized spacial score (nSPS) is 11.6. The van der Waals surface area contributed by atoms with E-state index in [9.17, 15) is 12.8 Å². The van der Waals surface area contributed by atoms with E-state index in [0.717, 1.165) is 11.6 Å². The van der Waals surface area contributed by atoms with E-state index in [1.807, 2.05) is 37.3 Å². The minimum atomic E-state index is -3.74. The average Bonchev–Trinajstić information content (AvgIpc) is 3.22. The second-order valence-corrected chi connectivity index (χ2v) is 8.46. The van der Waals surface area contributed by atoms with Gasteiger partial charge in [-0.1, -0.05) is 30.3 Å². The van der Waals surface area contributed by atoms with Crippen LogP contribution in [0.3, 0.4) is 0 Å². The van der Waals surface area contributed by atoms with Gasteiger partial charge >= 0.3 is 0 Å². The molecule has 3 aromatic rings. The zero-order valence-electron chi connectivity index (χ0n) is 16.9. The maximum absolute atomic E-state index is 13.8. The molecule has 0 aliphatic rings. The van der Waals surface area contributed by atoms with Crippen LogP contribution in [0.2, 0.25) is 0 Å². The summed E-state index contributed by atoms with van der Waals surface area (Å²) < 4.78 is 44.0. The zero-order valence-corrected chi connectivity index (χ0v) is 20.1. The Morgan fingerprint density at radius 2 is 1.81 bits per heavy atom. The summed E-state index contributed by atoms with van der Waals surface area (Å²) in [5, 5.41) is 5.99. The smallest absolute Gasteiger partial charge is 0.226 e. The molecule has 10 heteroatoms. The summed E-state index contributed by atoms with van der Waals surface area (Å²) in [6.45, 7) is 2.83. The molecule has 166 valence electrons. The molecule has 0 amide bonds. The van der Waals surface area contributed by atoms with Gasteiger partial charge in [-0.15, -0.1) is 24.0 Å². The van der Waals surface area contributed by atoms with Gasteiger partial charge in [-0.3, -0.25) is 0 Å². The van der Waals surface area contributed by atoms with E-state index in [0.29, 0.717) is 24.1 Å². The fourth-order valence-corrected chi connectivity index (χ4v) is 3.95. The molecule has 2 N–H and O–H groups in total. The van der Waals surface area contributed by atoms with E-state index in [2.05, 4.69) is 20.6 Å². The molecule has 0 aliphatic carbocycles. The van der Waals surface area contributed by atoms with Crippen LogP contribution in [0.5, 0.6) is 0 Å². The number of guanidine groups is 1. The van der Waals surface area contributed by atoms with Crippen molar-refractivity contribution in [2.75, 3.05) is 18.8 Å². The number of aromatic nitrogens is 1. The van der Waals surface area contributed by atoms with Crippen molar-refractivity contribution in [2.24, 2.45) is 4.99 Å². The molecule has 0 aliphatic heterocycles. The second kappa shape index (κ2) is 11.8. The molecule has 1 aromatic heterocycles. The maximum Gasteiger partial charge on any atom is 0.226 e. The fraction of sp³-hybridized carbons (Fsp3) is 0.238. The van der Waals surface area contributed by atoms with Crippen LogP contribution in [0.25, 0.3) is 11.5 Å². The SMILES string of the molecule is CCNC(=NCc1coc(-c2ccccc2)n1)NCCS(=O)(=O)c1ccccc1F.I. The number of hydrogen-bond donors (Lipinski definition) is 2. The number of halogens is 2. The van der Waals surface area contributed by atoms with Crippen molar-refractivity contribution in [3.63, 3.8) is 0 Å². The van der Waals surface area contributed by atoms with Gasteiger partial charge < -0.3 is 15.1 Å². The van der Waals surface area contributed by atoms with Crippen molar-refractivity contribution in [3.05, 3.63) is 72.4 Å². The Bertz CT molecular complexity index is 1100. The molecule has 0 unspecified atom stereocenters. The highest BCUT2D eigenvalue weighted by Crippen LogP contribution is 2.18. The van der Waals surface area contributed by atoms with Gasteiger partial charge in [0.05, 0.1) is 12.3 Å². The summed E-state index contributed by atoms with van der Waals surface area (Å²) in [6, 6.07) is 14.9. The van der Waals surface area contributed by atoms with Crippen LogP contribution in [-0.4, -0.2) is 38.2 Å². The summed E-state index contributed by atoms with van der Waals surface area (Å²) in [5.41, 5.74) is 1.51. The molecule has 1 heterocycles. The standard InChI is InChI=1S/C21H23FN4O3S.HI/c1-2-23-21(24-12-13-30(27,28)19-11-7-6-10-18(19)22)25-14-17-15-29-20(26-17)16-8-4-3-5-9-16;/h3-11,15H,2,12-14H2,1H3,(H2,23,24,25);1H. The monoisotopic (exact) mass is 558 g/mol. The lowest BCUT2D eigenvalue weighted by Gasteiger charge is -2.11. The topological polar surface area (TPSA) is 96.6 Å². The number of benzene rings is 2. The number of oxazole rings is 1.